The fourth-order valence-corrected chi connectivity index (χ4v) is 6.30. The molecule has 46 heavy (non-hydrogen) atoms. The van der Waals surface area contributed by atoms with Gasteiger partial charge in [0.05, 0.1) is 36.9 Å². The van der Waals surface area contributed by atoms with Crippen molar-refractivity contribution in [1.82, 2.24) is 0 Å². The second-order valence-corrected chi connectivity index (χ2v) is 12.6. The van der Waals surface area contributed by atoms with Gasteiger partial charge in [0, 0.05) is 23.6 Å². The van der Waals surface area contributed by atoms with Crippen molar-refractivity contribution in [2.75, 3.05) is 14.2 Å². The summed E-state index contributed by atoms with van der Waals surface area (Å²) in [5.74, 6) is -0.972. The SMILES string of the molecule is COc1ccc(O)c2c(=O)c3c(OC)cc4c(c3oc12)[C@H]1C[C@H](OC(=O)c2ccc([C@@](C)(O)CCCC(C)(C)O)c(O)c2)O[C@H]1O4. The first-order chi connectivity index (χ1) is 21.7. The Hall–Kier alpha value is -4.52. The van der Waals surface area contributed by atoms with E-state index in [1.807, 2.05) is 0 Å². The molecular weight excluding hydrogens is 600 g/mol. The lowest BCUT2D eigenvalue weighted by atomic mass is 9.87. The summed E-state index contributed by atoms with van der Waals surface area (Å²) in [4.78, 5) is 26.8. The number of ether oxygens (including phenoxy) is 5. The molecule has 0 radical (unpaired) electrons. The van der Waals surface area contributed by atoms with Gasteiger partial charge in [0.25, 0.3) is 0 Å². The van der Waals surface area contributed by atoms with Crippen LogP contribution in [0.3, 0.4) is 0 Å². The summed E-state index contributed by atoms with van der Waals surface area (Å²) in [6.07, 6.45) is -0.433. The maximum Gasteiger partial charge on any atom is 0.340 e. The fourth-order valence-electron chi connectivity index (χ4n) is 6.30. The molecule has 1 aromatic heterocycles. The van der Waals surface area contributed by atoms with Crippen molar-refractivity contribution in [3.63, 3.8) is 0 Å². The van der Waals surface area contributed by atoms with E-state index in [2.05, 4.69) is 0 Å². The van der Waals surface area contributed by atoms with E-state index in [0.29, 0.717) is 30.6 Å². The number of hydrogen-bond acceptors (Lipinski definition) is 12. The number of hydrogen-bond donors (Lipinski definition) is 4. The minimum atomic E-state index is -1.39. The van der Waals surface area contributed by atoms with Crippen LogP contribution in [0.15, 0.2) is 45.6 Å². The zero-order valence-electron chi connectivity index (χ0n) is 26.1. The Bertz CT molecular complexity index is 1900. The van der Waals surface area contributed by atoms with Crippen LogP contribution >= 0.6 is 0 Å². The van der Waals surface area contributed by atoms with Gasteiger partial charge in [-0.05, 0) is 64.3 Å². The molecule has 12 nitrogen and oxygen atoms in total. The van der Waals surface area contributed by atoms with Crippen molar-refractivity contribution in [2.45, 2.75) is 76.2 Å². The van der Waals surface area contributed by atoms with E-state index in [1.165, 1.54) is 44.6 Å². The number of aliphatic hydroxyl groups is 2. The minimum Gasteiger partial charge on any atom is -0.508 e. The lowest BCUT2D eigenvalue weighted by molar-refractivity contribution is -0.151. The molecular formula is C34H36O12. The molecule has 6 rings (SSSR count). The molecule has 12 heteroatoms. The zero-order valence-corrected chi connectivity index (χ0v) is 26.1. The molecule has 1 fully saturated rings. The molecule has 244 valence electrons. The third-order valence-corrected chi connectivity index (χ3v) is 8.62. The van der Waals surface area contributed by atoms with E-state index >= 15 is 0 Å². The van der Waals surface area contributed by atoms with Gasteiger partial charge in [0.1, 0.15) is 39.4 Å². The first kappa shape index (κ1) is 31.5. The molecule has 4 aromatic rings. The largest absolute Gasteiger partial charge is 0.508 e. The van der Waals surface area contributed by atoms with E-state index in [0.717, 1.165) is 0 Å². The van der Waals surface area contributed by atoms with E-state index in [1.54, 1.807) is 26.8 Å². The van der Waals surface area contributed by atoms with Crippen LogP contribution in [-0.2, 0) is 15.1 Å². The van der Waals surface area contributed by atoms with Gasteiger partial charge in [-0.2, -0.15) is 0 Å². The summed E-state index contributed by atoms with van der Waals surface area (Å²) in [6.45, 7) is 4.94. The lowest BCUT2D eigenvalue weighted by Crippen LogP contribution is -2.24. The second kappa shape index (κ2) is 11.4. The quantitative estimate of drug-likeness (QED) is 0.144. The monoisotopic (exact) mass is 636 g/mol. The molecule has 0 unspecified atom stereocenters. The van der Waals surface area contributed by atoms with Crippen LogP contribution in [0.1, 0.15) is 73.9 Å². The maximum atomic E-state index is 13.7. The Balaban J connectivity index is 1.25. The summed E-state index contributed by atoms with van der Waals surface area (Å²) in [6, 6.07) is 8.55. The summed E-state index contributed by atoms with van der Waals surface area (Å²) >= 11 is 0. The van der Waals surface area contributed by atoms with Crippen molar-refractivity contribution < 1.29 is 53.3 Å². The highest BCUT2D eigenvalue weighted by atomic mass is 16.8. The average molecular weight is 637 g/mol. The average Bonchev–Trinajstić information content (AvgIpc) is 3.52. The number of esters is 1. The molecule has 4 atom stereocenters. The maximum absolute atomic E-state index is 13.7. The van der Waals surface area contributed by atoms with Gasteiger partial charge in [-0.25, -0.2) is 4.79 Å². The molecule has 3 aromatic carbocycles. The Labute approximate surface area is 263 Å². The van der Waals surface area contributed by atoms with Gasteiger partial charge in [0.15, 0.2) is 11.3 Å². The third-order valence-electron chi connectivity index (χ3n) is 8.62. The van der Waals surface area contributed by atoms with Crippen molar-refractivity contribution in [1.29, 1.82) is 0 Å². The van der Waals surface area contributed by atoms with Crippen LogP contribution in [0, 0.1) is 0 Å². The number of rotatable bonds is 9. The Morgan fingerprint density at radius 2 is 1.67 bits per heavy atom. The molecule has 0 amide bonds. The van der Waals surface area contributed by atoms with Gasteiger partial charge >= 0.3 is 5.97 Å². The Morgan fingerprint density at radius 1 is 0.935 bits per heavy atom. The summed E-state index contributed by atoms with van der Waals surface area (Å²) in [7, 11) is 2.83. The molecule has 1 saturated heterocycles. The van der Waals surface area contributed by atoms with Gasteiger partial charge in [0.2, 0.25) is 18.0 Å². The van der Waals surface area contributed by atoms with Crippen LogP contribution in [-0.4, -0.2) is 58.8 Å². The number of phenolic OH excluding ortho intramolecular Hbond substituents is 2. The normalized spacial score (nSPS) is 20.2. The van der Waals surface area contributed by atoms with Crippen molar-refractivity contribution >= 4 is 27.9 Å². The van der Waals surface area contributed by atoms with Crippen LogP contribution < -0.4 is 19.6 Å². The number of carbonyl (C=O) groups excluding carboxylic acids is 1. The van der Waals surface area contributed by atoms with Gasteiger partial charge in [-0.3, -0.25) is 4.79 Å². The molecule has 0 bridgehead atoms. The number of carbonyl (C=O) groups is 1. The highest BCUT2D eigenvalue weighted by molar-refractivity contribution is 6.00. The van der Waals surface area contributed by atoms with Crippen molar-refractivity contribution in [3.05, 3.63) is 63.3 Å². The fraction of sp³-hybridized carbons (Fsp3) is 0.412. The van der Waals surface area contributed by atoms with Crippen LogP contribution in [0.4, 0.5) is 0 Å². The topological polar surface area (TPSA) is 174 Å². The first-order valence-corrected chi connectivity index (χ1v) is 14.9. The zero-order chi connectivity index (χ0) is 33.1. The van der Waals surface area contributed by atoms with E-state index < -0.39 is 41.1 Å². The summed E-state index contributed by atoms with van der Waals surface area (Å²) < 4.78 is 34.7. The minimum absolute atomic E-state index is 0.0510. The summed E-state index contributed by atoms with van der Waals surface area (Å²) in [5.41, 5.74) is -1.72. The number of aromatic hydroxyl groups is 2. The predicted molar refractivity (Wildman–Crippen MR) is 165 cm³/mol. The van der Waals surface area contributed by atoms with Crippen LogP contribution in [0.2, 0.25) is 0 Å². The molecule has 3 heterocycles. The van der Waals surface area contributed by atoms with E-state index in [4.69, 9.17) is 28.1 Å². The van der Waals surface area contributed by atoms with Crippen LogP contribution in [0.25, 0.3) is 21.9 Å². The lowest BCUT2D eigenvalue weighted by Gasteiger charge is -2.26. The number of benzene rings is 3. The Morgan fingerprint density at radius 3 is 2.35 bits per heavy atom. The molecule has 2 aliphatic heterocycles. The molecule has 0 aliphatic carbocycles. The van der Waals surface area contributed by atoms with Crippen molar-refractivity contribution in [3.8, 4) is 28.7 Å². The molecule has 0 spiro atoms. The molecule has 0 saturated carbocycles. The smallest absolute Gasteiger partial charge is 0.340 e. The number of methoxy groups -OCH3 is 2. The predicted octanol–water partition coefficient (Wildman–Crippen LogP) is 4.93. The molecule has 2 aliphatic rings. The van der Waals surface area contributed by atoms with Crippen molar-refractivity contribution in [2.24, 2.45) is 0 Å². The molecule has 4 N–H and O–H groups in total. The number of fused-ring (bicyclic) bond motifs is 6. The van der Waals surface area contributed by atoms with Gasteiger partial charge < -0.3 is 48.5 Å². The van der Waals surface area contributed by atoms with Gasteiger partial charge in [-0.1, -0.05) is 6.07 Å². The third kappa shape index (κ3) is 5.46. The highest BCUT2D eigenvalue weighted by Gasteiger charge is 2.48. The highest BCUT2D eigenvalue weighted by Crippen LogP contribution is 2.52. The van der Waals surface area contributed by atoms with Gasteiger partial charge in [-0.15, -0.1) is 0 Å². The van der Waals surface area contributed by atoms with E-state index in [-0.39, 0.29) is 62.5 Å². The van der Waals surface area contributed by atoms with E-state index in [9.17, 15) is 30.0 Å². The first-order valence-electron chi connectivity index (χ1n) is 14.9. The second-order valence-electron chi connectivity index (χ2n) is 12.6. The number of phenols is 2. The van der Waals surface area contributed by atoms with Crippen LogP contribution in [0.5, 0.6) is 28.7 Å². The standard InChI is InChI=1S/C34H36O12/c1-33(2,39)11-6-12-34(3,40)18-8-7-16(13-20(18)36)31(38)44-24-14-17-25-23(43-32(17)45-24)15-22(42-5)27-28(37)26-19(35)9-10-21(41-4)29(26)46-30(25)27/h7-10,13,15,17,24,32,35-36,39-40H,6,11-12,14H2,1-5H3/t17-,24-,32-,34+/m1/s1. The Kier molecular flexibility index (Phi) is 7.78. The summed E-state index contributed by atoms with van der Waals surface area (Å²) in [5, 5.41) is 42.2.